The molecule has 0 radical (unpaired) electrons. The molecule has 0 spiro atoms. The quantitative estimate of drug-likeness (QED) is 0.791. The molecule has 1 aromatic carbocycles. The molecule has 1 aromatic heterocycles. The summed E-state index contributed by atoms with van der Waals surface area (Å²) in [6.45, 7) is 5.14. The second kappa shape index (κ2) is 5.35. The fourth-order valence-corrected chi connectivity index (χ4v) is 2.87. The van der Waals surface area contributed by atoms with Gasteiger partial charge in [-0.25, -0.2) is 4.68 Å². The average Bonchev–Trinajstić information content (AvgIpc) is 3.06. The second-order valence-corrected chi connectivity index (χ2v) is 6.04. The van der Waals surface area contributed by atoms with E-state index in [4.69, 9.17) is 0 Å². The van der Waals surface area contributed by atoms with Crippen molar-refractivity contribution in [1.29, 1.82) is 0 Å². The molecule has 0 N–H and O–H groups in total. The topological polar surface area (TPSA) is 38.1 Å². The summed E-state index contributed by atoms with van der Waals surface area (Å²) in [6.07, 6.45) is 2.20. The van der Waals surface area contributed by atoms with Gasteiger partial charge in [0, 0.05) is 13.6 Å². The van der Waals surface area contributed by atoms with Crippen molar-refractivity contribution >= 4 is 12.1 Å². The summed E-state index contributed by atoms with van der Waals surface area (Å²) < 4.78 is 1.88. The zero-order valence-corrected chi connectivity index (χ0v) is 12.8. The zero-order chi connectivity index (χ0) is 15.0. The number of para-hydroxylation sites is 1. The molecule has 4 heteroatoms. The largest absolute Gasteiger partial charge is 0.359 e. The maximum Gasteiger partial charge on any atom is 0.155 e. The highest BCUT2D eigenvalue weighted by molar-refractivity contribution is 5.85. The standard InChI is InChI=1S/C17H21N3O/c1-12-9-14(12)10-19(3)17-16(11-21)13(2)18-20(17)15-7-5-4-6-8-15/h4-8,11-12,14H,9-10H2,1-3H3. The highest BCUT2D eigenvalue weighted by Gasteiger charge is 2.34. The van der Waals surface area contributed by atoms with Crippen LogP contribution >= 0.6 is 0 Å². The summed E-state index contributed by atoms with van der Waals surface area (Å²) in [5.74, 6) is 2.42. The predicted molar refractivity (Wildman–Crippen MR) is 84.2 cm³/mol. The number of aryl methyl sites for hydroxylation is 1. The number of benzene rings is 1. The lowest BCUT2D eigenvalue weighted by Crippen LogP contribution is -2.24. The molecule has 1 aliphatic carbocycles. The smallest absolute Gasteiger partial charge is 0.155 e. The molecule has 0 aliphatic heterocycles. The first-order chi connectivity index (χ1) is 10.1. The molecule has 0 bridgehead atoms. The van der Waals surface area contributed by atoms with E-state index >= 15 is 0 Å². The van der Waals surface area contributed by atoms with Gasteiger partial charge in [-0.2, -0.15) is 5.10 Å². The van der Waals surface area contributed by atoms with Crippen LogP contribution < -0.4 is 4.90 Å². The van der Waals surface area contributed by atoms with E-state index in [0.717, 1.165) is 41.9 Å². The maximum atomic E-state index is 11.5. The van der Waals surface area contributed by atoms with Gasteiger partial charge in [0.25, 0.3) is 0 Å². The van der Waals surface area contributed by atoms with Crippen LogP contribution in [-0.4, -0.2) is 29.7 Å². The number of hydrogen-bond acceptors (Lipinski definition) is 3. The average molecular weight is 283 g/mol. The number of carbonyl (C=O) groups excluding carboxylic acids is 1. The Kier molecular flexibility index (Phi) is 3.53. The van der Waals surface area contributed by atoms with E-state index < -0.39 is 0 Å². The summed E-state index contributed by atoms with van der Waals surface area (Å²) in [5, 5.41) is 4.56. The molecule has 2 aromatic rings. The predicted octanol–water partition coefficient (Wildman–Crippen LogP) is 3.09. The van der Waals surface area contributed by atoms with Crippen molar-refractivity contribution < 1.29 is 4.79 Å². The van der Waals surface area contributed by atoms with Crippen LogP contribution in [0.3, 0.4) is 0 Å². The van der Waals surface area contributed by atoms with E-state index in [9.17, 15) is 4.79 Å². The monoisotopic (exact) mass is 283 g/mol. The third kappa shape index (κ3) is 2.58. The molecule has 2 unspecified atom stereocenters. The van der Waals surface area contributed by atoms with E-state index in [-0.39, 0.29) is 0 Å². The number of rotatable bonds is 5. The number of aromatic nitrogens is 2. The van der Waals surface area contributed by atoms with Crippen molar-refractivity contribution in [2.75, 3.05) is 18.5 Å². The zero-order valence-electron chi connectivity index (χ0n) is 12.8. The number of aldehydes is 1. The molecular formula is C17H21N3O. The van der Waals surface area contributed by atoms with Crippen LogP contribution in [-0.2, 0) is 0 Å². The first-order valence-electron chi connectivity index (χ1n) is 7.43. The Labute approximate surface area is 125 Å². The fourth-order valence-electron chi connectivity index (χ4n) is 2.87. The molecule has 1 saturated carbocycles. The van der Waals surface area contributed by atoms with E-state index in [1.54, 1.807) is 0 Å². The number of carbonyl (C=O) groups is 1. The van der Waals surface area contributed by atoms with E-state index in [1.807, 2.05) is 49.0 Å². The van der Waals surface area contributed by atoms with Crippen molar-refractivity contribution in [3.63, 3.8) is 0 Å². The Morgan fingerprint density at radius 2 is 2.05 bits per heavy atom. The van der Waals surface area contributed by atoms with Crippen LogP contribution in [0.2, 0.25) is 0 Å². The first-order valence-corrected chi connectivity index (χ1v) is 7.43. The highest BCUT2D eigenvalue weighted by Crippen LogP contribution is 2.39. The summed E-state index contributed by atoms with van der Waals surface area (Å²) in [7, 11) is 2.05. The van der Waals surface area contributed by atoms with Crippen LogP contribution in [0.1, 0.15) is 29.4 Å². The van der Waals surface area contributed by atoms with Crippen LogP contribution in [0.15, 0.2) is 30.3 Å². The lowest BCUT2D eigenvalue weighted by atomic mass is 10.2. The van der Waals surface area contributed by atoms with Gasteiger partial charge in [-0.05, 0) is 37.3 Å². The minimum atomic E-state index is 0.689. The van der Waals surface area contributed by atoms with E-state index in [0.29, 0.717) is 5.56 Å². The van der Waals surface area contributed by atoms with Gasteiger partial charge in [0.2, 0.25) is 0 Å². The lowest BCUT2D eigenvalue weighted by molar-refractivity contribution is 0.112. The molecule has 0 amide bonds. The molecule has 110 valence electrons. The van der Waals surface area contributed by atoms with Crippen LogP contribution in [0.5, 0.6) is 0 Å². The molecule has 21 heavy (non-hydrogen) atoms. The van der Waals surface area contributed by atoms with Gasteiger partial charge in [0.15, 0.2) is 6.29 Å². The van der Waals surface area contributed by atoms with E-state index in [1.165, 1.54) is 6.42 Å². The highest BCUT2D eigenvalue weighted by atomic mass is 16.1. The molecule has 1 fully saturated rings. The maximum absolute atomic E-state index is 11.5. The summed E-state index contributed by atoms with van der Waals surface area (Å²) in [5.41, 5.74) is 2.45. The van der Waals surface area contributed by atoms with Gasteiger partial charge in [-0.3, -0.25) is 4.79 Å². The fraction of sp³-hybridized carbons (Fsp3) is 0.412. The molecule has 3 rings (SSSR count). The Balaban J connectivity index is 2.02. The van der Waals surface area contributed by atoms with Crippen LogP contribution in [0.25, 0.3) is 5.69 Å². The Morgan fingerprint density at radius 3 is 2.62 bits per heavy atom. The van der Waals surface area contributed by atoms with Crippen molar-refractivity contribution in [3.8, 4) is 5.69 Å². The van der Waals surface area contributed by atoms with Gasteiger partial charge >= 0.3 is 0 Å². The summed E-state index contributed by atoms with van der Waals surface area (Å²) in [4.78, 5) is 13.7. The third-order valence-electron chi connectivity index (χ3n) is 4.35. The minimum Gasteiger partial charge on any atom is -0.359 e. The molecule has 0 saturated heterocycles. The first kappa shape index (κ1) is 13.9. The third-order valence-corrected chi connectivity index (χ3v) is 4.35. The Morgan fingerprint density at radius 1 is 1.38 bits per heavy atom. The normalized spacial score (nSPS) is 20.3. The van der Waals surface area contributed by atoms with Crippen molar-refractivity contribution in [2.45, 2.75) is 20.3 Å². The van der Waals surface area contributed by atoms with Crippen molar-refractivity contribution in [2.24, 2.45) is 11.8 Å². The van der Waals surface area contributed by atoms with Gasteiger partial charge < -0.3 is 4.90 Å². The number of hydrogen-bond donors (Lipinski definition) is 0. The van der Waals surface area contributed by atoms with E-state index in [2.05, 4.69) is 16.9 Å². The van der Waals surface area contributed by atoms with Gasteiger partial charge in [-0.1, -0.05) is 25.1 Å². The minimum absolute atomic E-state index is 0.689. The Bertz CT molecular complexity index is 648. The molecule has 1 heterocycles. The van der Waals surface area contributed by atoms with Crippen LogP contribution in [0.4, 0.5) is 5.82 Å². The second-order valence-electron chi connectivity index (χ2n) is 6.04. The molecular weight excluding hydrogens is 262 g/mol. The molecule has 4 nitrogen and oxygen atoms in total. The lowest BCUT2D eigenvalue weighted by Gasteiger charge is -2.21. The summed E-state index contributed by atoms with van der Waals surface area (Å²) >= 11 is 0. The van der Waals surface area contributed by atoms with Gasteiger partial charge in [0.1, 0.15) is 5.82 Å². The van der Waals surface area contributed by atoms with Gasteiger partial charge in [-0.15, -0.1) is 0 Å². The molecule has 1 aliphatic rings. The van der Waals surface area contributed by atoms with Gasteiger partial charge in [0.05, 0.1) is 16.9 Å². The molecule has 2 atom stereocenters. The number of nitrogens with zero attached hydrogens (tertiary/aromatic N) is 3. The van der Waals surface area contributed by atoms with Crippen molar-refractivity contribution in [3.05, 3.63) is 41.6 Å². The van der Waals surface area contributed by atoms with Crippen molar-refractivity contribution in [1.82, 2.24) is 9.78 Å². The SMILES string of the molecule is Cc1nn(-c2ccccc2)c(N(C)CC2CC2C)c1C=O. The summed E-state index contributed by atoms with van der Waals surface area (Å²) in [6, 6.07) is 9.98. The number of anilines is 1. The van der Waals surface area contributed by atoms with Crippen LogP contribution in [0, 0.1) is 18.8 Å². The Hall–Kier alpha value is -2.10.